The second-order valence-electron chi connectivity index (χ2n) is 1.98. The van der Waals surface area contributed by atoms with Crippen LogP contribution in [-0.2, 0) is 0 Å². The van der Waals surface area contributed by atoms with E-state index in [4.69, 9.17) is 0 Å². The predicted molar refractivity (Wildman–Crippen MR) is 37.8 cm³/mol. The van der Waals surface area contributed by atoms with Crippen LogP contribution in [0.25, 0.3) is 5.52 Å². The quantitative estimate of drug-likeness (QED) is 0.541. The van der Waals surface area contributed by atoms with Gasteiger partial charge in [0.15, 0.2) is 0 Å². The van der Waals surface area contributed by atoms with E-state index >= 15 is 0 Å². The van der Waals surface area contributed by atoms with Crippen LogP contribution in [0, 0.1) is 6.92 Å². The highest BCUT2D eigenvalue weighted by atomic mass is 32.1. The summed E-state index contributed by atoms with van der Waals surface area (Å²) >= 11 is 1.66. The summed E-state index contributed by atoms with van der Waals surface area (Å²) in [5, 5.41) is 4.07. The van der Waals surface area contributed by atoms with E-state index in [0.717, 1.165) is 0 Å². The fourth-order valence-corrected chi connectivity index (χ4v) is 1.62. The van der Waals surface area contributed by atoms with Crippen molar-refractivity contribution in [1.82, 2.24) is 9.00 Å². The molecule has 0 amide bonds. The van der Waals surface area contributed by atoms with Crippen LogP contribution in [0.2, 0.25) is 0 Å². The van der Waals surface area contributed by atoms with Crippen molar-refractivity contribution in [2.24, 2.45) is 0 Å². The number of hydrogen-bond acceptors (Lipinski definition) is 2. The average Bonchev–Trinajstić information content (AvgIpc) is 2.22. The molecule has 0 saturated heterocycles. The van der Waals surface area contributed by atoms with E-state index in [0.29, 0.717) is 0 Å². The van der Waals surface area contributed by atoms with Crippen LogP contribution in [-0.4, -0.2) is 9.00 Å². The zero-order chi connectivity index (χ0) is 6.27. The van der Waals surface area contributed by atoms with Crippen molar-refractivity contribution in [3.63, 3.8) is 0 Å². The van der Waals surface area contributed by atoms with Crippen LogP contribution < -0.4 is 0 Å². The zero-order valence-electron chi connectivity index (χ0n) is 5.03. The molecule has 0 aliphatic rings. The van der Waals surface area contributed by atoms with E-state index in [-0.39, 0.29) is 0 Å². The molecule has 0 N–H and O–H groups in total. The highest BCUT2D eigenvalue weighted by Gasteiger charge is 1.94. The Hall–Kier alpha value is -0.830. The summed E-state index contributed by atoms with van der Waals surface area (Å²) in [7, 11) is 0. The topological polar surface area (TPSA) is 17.3 Å². The van der Waals surface area contributed by atoms with E-state index in [1.165, 1.54) is 10.4 Å². The molecule has 3 heteroatoms. The zero-order valence-corrected chi connectivity index (χ0v) is 5.85. The molecule has 0 fully saturated rings. The van der Waals surface area contributed by atoms with Gasteiger partial charge in [0.25, 0.3) is 0 Å². The molecule has 2 heterocycles. The molecule has 0 atom stereocenters. The van der Waals surface area contributed by atoms with Crippen molar-refractivity contribution in [3.05, 3.63) is 23.2 Å². The summed E-state index contributed by atoms with van der Waals surface area (Å²) in [6.07, 6.45) is 1.81. The molecule has 0 aliphatic heterocycles. The van der Waals surface area contributed by atoms with Crippen molar-refractivity contribution < 1.29 is 0 Å². The first-order valence-corrected chi connectivity index (χ1v) is 3.54. The van der Waals surface area contributed by atoms with Gasteiger partial charge in [-0.3, -0.25) is 0 Å². The van der Waals surface area contributed by atoms with E-state index in [9.17, 15) is 0 Å². The molecule has 0 radical (unpaired) electrons. The highest BCUT2D eigenvalue weighted by Crippen LogP contribution is 2.12. The Morgan fingerprint density at radius 2 is 2.56 bits per heavy atom. The van der Waals surface area contributed by atoms with Gasteiger partial charge in [-0.25, -0.2) is 0 Å². The average molecular weight is 138 g/mol. The molecule has 46 valence electrons. The number of fused-ring (bicyclic) bond motifs is 1. The lowest BCUT2D eigenvalue weighted by atomic mass is 10.4. The lowest BCUT2D eigenvalue weighted by molar-refractivity contribution is 1.07. The molecule has 2 aromatic heterocycles. The first kappa shape index (κ1) is 4.99. The molecule has 2 nitrogen and oxygen atoms in total. The van der Waals surface area contributed by atoms with Crippen molar-refractivity contribution >= 4 is 17.0 Å². The van der Waals surface area contributed by atoms with Gasteiger partial charge in [-0.15, -0.1) is 0 Å². The number of aromatic nitrogens is 2. The van der Waals surface area contributed by atoms with Gasteiger partial charge in [-0.2, -0.15) is 9.00 Å². The Labute approximate surface area is 56.9 Å². The largest absolute Gasteiger partial charge is 0.187 e. The Balaban J connectivity index is 2.92. The summed E-state index contributed by atoms with van der Waals surface area (Å²) < 4.78 is 1.91. The van der Waals surface area contributed by atoms with Crippen LogP contribution in [0.15, 0.2) is 18.3 Å². The second-order valence-corrected chi connectivity index (χ2v) is 3.15. The van der Waals surface area contributed by atoms with Crippen molar-refractivity contribution in [1.29, 1.82) is 0 Å². The van der Waals surface area contributed by atoms with Crippen molar-refractivity contribution in [2.75, 3.05) is 0 Å². The molecule has 0 bridgehead atoms. The summed E-state index contributed by atoms with van der Waals surface area (Å²) in [6, 6.07) is 4.13. The van der Waals surface area contributed by atoms with E-state index < -0.39 is 0 Å². The standard InChI is InChI=1S/C6H6N2S/c1-5-4-6-2-3-7-8(6)9-5/h2-4H,1H3. The lowest BCUT2D eigenvalue weighted by Gasteiger charge is -1.73. The highest BCUT2D eigenvalue weighted by molar-refractivity contribution is 7.06. The van der Waals surface area contributed by atoms with E-state index in [2.05, 4.69) is 18.1 Å². The van der Waals surface area contributed by atoms with Gasteiger partial charge in [0.2, 0.25) is 0 Å². The number of aryl methyl sites for hydroxylation is 1. The predicted octanol–water partition coefficient (Wildman–Crippen LogP) is 1.70. The Morgan fingerprint density at radius 3 is 3.33 bits per heavy atom. The molecule has 2 aromatic rings. The summed E-state index contributed by atoms with van der Waals surface area (Å²) in [6.45, 7) is 2.08. The fraction of sp³-hybridized carbons (Fsp3) is 0.167. The molecule has 0 unspecified atom stereocenters. The minimum absolute atomic E-state index is 1.19. The maximum atomic E-state index is 4.07. The molecule has 0 spiro atoms. The summed E-state index contributed by atoms with van der Waals surface area (Å²) in [5.41, 5.74) is 1.19. The molecular weight excluding hydrogens is 132 g/mol. The van der Waals surface area contributed by atoms with Crippen LogP contribution >= 0.6 is 11.5 Å². The smallest absolute Gasteiger partial charge is 0.0793 e. The van der Waals surface area contributed by atoms with Crippen LogP contribution in [0.1, 0.15) is 4.88 Å². The molecule has 9 heavy (non-hydrogen) atoms. The van der Waals surface area contributed by atoms with Crippen molar-refractivity contribution in [2.45, 2.75) is 6.92 Å². The number of hydrogen-bond donors (Lipinski definition) is 0. The molecule has 2 rings (SSSR count). The maximum Gasteiger partial charge on any atom is 0.0793 e. The SMILES string of the molecule is Cc1cc2ccnn2s1. The minimum Gasteiger partial charge on any atom is -0.187 e. The normalized spacial score (nSPS) is 10.8. The lowest BCUT2D eigenvalue weighted by Crippen LogP contribution is -1.70. The van der Waals surface area contributed by atoms with Gasteiger partial charge >= 0.3 is 0 Å². The minimum atomic E-state index is 1.19. The van der Waals surface area contributed by atoms with E-state index in [1.54, 1.807) is 11.5 Å². The van der Waals surface area contributed by atoms with Crippen LogP contribution in [0.3, 0.4) is 0 Å². The third kappa shape index (κ3) is 0.650. The van der Waals surface area contributed by atoms with Crippen molar-refractivity contribution in [3.8, 4) is 0 Å². The van der Waals surface area contributed by atoms with Gasteiger partial charge in [-0.05, 0) is 30.6 Å². The fourth-order valence-electron chi connectivity index (χ4n) is 0.851. The monoisotopic (exact) mass is 138 g/mol. The van der Waals surface area contributed by atoms with Gasteiger partial charge in [0, 0.05) is 4.88 Å². The molecular formula is C6H6N2S. The molecule has 0 aliphatic carbocycles. The second kappa shape index (κ2) is 1.57. The molecule has 0 saturated carbocycles. The molecule has 0 aromatic carbocycles. The van der Waals surface area contributed by atoms with Gasteiger partial charge in [0.05, 0.1) is 11.7 Å². The van der Waals surface area contributed by atoms with Crippen LogP contribution in [0.5, 0.6) is 0 Å². The Bertz CT molecular complexity index is 292. The number of nitrogens with zero attached hydrogens (tertiary/aromatic N) is 2. The number of rotatable bonds is 0. The summed E-state index contributed by atoms with van der Waals surface area (Å²) in [5.74, 6) is 0. The summed E-state index contributed by atoms with van der Waals surface area (Å²) in [4.78, 5) is 1.30. The Morgan fingerprint density at radius 1 is 1.67 bits per heavy atom. The first-order chi connectivity index (χ1) is 4.36. The van der Waals surface area contributed by atoms with Crippen LogP contribution in [0.4, 0.5) is 0 Å². The first-order valence-electron chi connectivity index (χ1n) is 2.77. The van der Waals surface area contributed by atoms with E-state index in [1.807, 2.05) is 16.2 Å². The third-order valence-corrected chi connectivity index (χ3v) is 2.10. The van der Waals surface area contributed by atoms with Gasteiger partial charge < -0.3 is 0 Å². The third-order valence-electron chi connectivity index (χ3n) is 1.22. The van der Waals surface area contributed by atoms with Gasteiger partial charge in [-0.1, -0.05) is 0 Å². The van der Waals surface area contributed by atoms with Gasteiger partial charge in [0.1, 0.15) is 0 Å². The maximum absolute atomic E-state index is 4.07. The Kier molecular flexibility index (Phi) is 0.873.